The number of hydrogen-bond donors (Lipinski definition) is 2. The second kappa shape index (κ2) is 7.20. The number of phenolic OH excluding ortho intramolecular Hbond substituents is 1. The van der Waals surface area contributed by atoms with Crippen molar-refractivity contribution in [2.24, 2.45) is 0 Å². The molecule has 2 aromatic carbocycles. The molecule has 2 atom stereocenters. The standard InChI is InChI=1S/C21H27NOS/c1-4-12-22-20-19(24-17-8-6-5-7-9-17)13-15-10-11-16(23)14-18(15)21(20,2)3/h5-11,14,19-20,22-23H,4,12-13H2,1-3H3. The molecule has 3 rings (SSSR count). The zero-order valence-electron chi connectivity index (χ0n) is 14.8. The Kier molecular flexibility index (Phi) is 5.21. The molecule has 1 aliphatic rings. The molecular formula is C21H27NOS. The quantitative estimate of drug-likeness (QED) is 0.823. The molecule has 0 saturated heterocycles. The van der Waals surface area contributed by atoms with Crippen molar-refractivity contribution in [2.75, 3.05) is 6.54 Å². The normalized spacial score (nSPS) is 22.1. The van der Waals surface area contributed by atoms with E-state index in [1.807, 2.05) is 23.9 Å². The number of thioether (sulfide) groups is 1. The van der Waals surface area contributed by atoms with Gasteiger partial charge in [0.1, 0.15) is 5.75 Å². The molecule has 0 radical (unpaired) electrons. The van der Waals surface area contributed by atoms with Crippen molar-refractivity contribution < 1.29 is 5.11 Å². The fraction of sp³-hybridized carbons (Fsp3) is 0.429. The number of rotatable bonds is 5. The van der Waals surface area contributed by atoms with Crippen LogP contribution in [0, 0.1) is 0 Å². The smallest absolute Gasteiger partial charge is 0.115 e. The second-order valence-corrected chi connectivity index (χ2v) is 8.48. The van der Waals surface area contributed by atoms with Crippen LogP contribution in [0.15, 0.2) is 53.4 Å². The fourth-order valence-corrected chi connectivity index (χ4v) is 5.28. The maximum absolute atomic E-state index is 9.96. The van der Waals surface area contributed by atoms with E-state index in [2.05, 4.69) is 62.5 Å². The van der Waals surface area contributed by atoms with Crippen LogP contribution in [0.4, 0.5) is 0 Å². The Balaban J connectivity index is 1.96. The third kappa shape index (κ3) is 3.47. The monoisotopic (exact) mass is 341 g/mol. The summed E-state index contributed by atoms with van der Waals surface area (Å²) in [6, 6.07) is 16.9. The van der Waals surface area contributed by atoms with Gasteiger partial charge in [-0.1, -0.05) is 45.0 Å². The van der Waals surface area contributed by atoms with E-state index in [9.17, 15) is 5.11 Å². The highest BCUT2D eigenvalue weighted by Crippen LogP contribution is 2.44. The van der Waals surface area contributed by atoms with Gasteiger partial charge in [0.25, 0.3) is 0 Å². The predicted octanol–water partition coefficient (Wildman–Crippen LogP) is 4.76. The average molecular weight is 342 g/mol. The van der Waals surface area contributed by atoms with Gasteiger partial charge in [-0.05, 0) is 54.8 Å². The van der Waals surface area contributed by atoms with E-state index in [1.165, 1.54) is 16.0 Å². The van der Waals surface area contributed by atoms with Crippen molar-refractivity contribution >= 4 is 11.8 Å². The Hall–Kier alpha value is -1.45. The van der Waals surface area contributed by atoms with Crippen LogP contribution in [-0.4, -0.2) is 22.9 Å². The molecule has 3 heteroatoms. The minimum atomic E-state index is -0.0199. The minimum Gasteiger partial charge on any atom is -0.508 e. The van der Waals surface area contributed by atoms with Gasteiger partial charge in [0.15, 0.2) is 0 Å². The summed E-state index contributed by atoms with van der Waals surface area (Å²) in [5, 5.41) is 14.2. The van der Waals surface area contributed by atoms with Crippen molar-refractivity contribution in [1.82, 2.24) is 5.32 Å². The van der Waals surface area contributed by atoms with Crippen molar-refractivity contribution in [1.29, 1.82) is 0 Å². The first kappa shape index (κ1) is 17.4. The summed E-state index contributed by atoms with van der Waals surface area (Å²) >= 11 is 1.97. The Morgan fingerprint density at radius 3 is 2.62 bits per heavy atom. The molecular weight excluding hydrogens is 314 g/mol. The molecule has 0 heterocycles. The van der Waals surface area contributed by atoms with Crippen LogP contribution in [0.5, 0.6) is 5.75 Å². The lowest BCUT2D eigenvalue weighted by molar-refractivity contribution is 0.310. The number of nitrogens with one attached hydrogen (secondary N) is 1. The molecule has 0 fully saturated rings. The number of phenols is 1. The number of benzene rings is 2. The van der Waals surface area contributed by atoms with Crippen LogP contribution < -0.4 is 5.32 Å². The van der Waals surface area contributed by atoms with Crippen molar-refractivity contribution in [3.05, 3.63) is 59.7 Å². The van der Waals surface area contributed by atoms with E-state index in [-0.39, 0.29) is 5.41 Å². The van der Waals surface area contributed by atoms with E-state index in [4.69, 9.17) is 0 Å². The SMILES string of the molecule is CCCNC1C(Sc2ccccc2)Cc2ccc(O)cc2C1(C)C. The third-order valence-corrected chi connectivity index (χ3v) is 6.29. The highest BCUT2D eigenvalue weighted by molar-refractivity contribution is 8.00. The van der Waals surface area contributed by atoms with Crippen LogP contribution in [-0.2, 0) is 11.8 Å². The van der Waals surface area contributed by atoms with Crippen molar-refractivity contribution in [2.45, 2.75) is 55.2 Å². The van der Waals surface area contributed by atoms with Gasteiger partial charge in [-0.15, -0.1) is 11.8 Å². The summed E-state index contributed by atoms with van der Waals surface area (Å²) in [4.78, 5) is 1.32. The molecule has 2 nitrogen and oxygen atoms in total. The predicted molar refractivity (Wildman–Crippen MR) is 103 cm³/mol. The lowest BCUT2D eigenvalue weighted by Gasteiger charge is -2.45. The molecule has 0 spiro atoms. The van der Waals surface area contributed by atoms with Gasteiger partial charge in [0, 0.05) is 21.6 Å². The highest BCUT2D eigenvalue weighted by atomic mass is 32.2. The van der Waals surface area contributed by atoms with Crippen LogP contribution in [0.1, 0.15) is 38.3 Å². The van der Waals surface area contributed by atoms with E-state index in [0.29, 0.717) is 17.0 Å². The molecule has 2 aromatic rings. The number of aromatic hydroxyl groups is 1. The average Bonchev–Trinajstić information content (AvgIpc) is 2.56. The van der Waals surface area contributed by atoms with Gasteiger partial charge in [-0.2, -0.15) is 0 Å². The Bertz CT molecular complexity index is 683. The summed E-state index contributed by atoms with van der Waals surface area (Å²) in [6.07, 6.45) is 2.15. The first-order chi connectivity index (χ1) is 11.5. The topological polar surface area (TPSA) is 32.3 Å². The van der Waals surface area contributed by atoms with Gasteiger partial charge in [0.2, 0.25) is 0 Å². The molecule has 0 amide bonds. The Morgan fingerprint density at radius 1 is 1.17 bits per heavy atom. The lowest BCUT2D eigenvalue weighted by Crippen LogP contribution is -2.55. The first-order valence-electron chi connectivity index (χ1n) is 8.80. The van der Waals surface area contributed by atoms with E-state index in [1.54, 1.807) is 0 Å². The molecule has 128 valence electrons. The van der Waals surface area contributed by atoms with Crippen LogP contribution in [0.2, 0.25) is 0 Å². The number of fused-ring (bicyclic) bond motifs is 1. The Morgan fingerprint density at radius 2 is 1.92 bits per heavy atom. The van der Waals surface area contributed by atoms with Gasteiger partial charge >= 0.3 is 0 Å². The second-order valence-electron chi connectivity index (χ2n) is 7.17. The van der Waals surface area contributed by atoms with E-state index in [0.717, 1.165) is 19.4 Å². The molecule has 1 aliphatic carbocycles. The maximum Gasteiger partial charge on any atom is 0.115 e. The van der Waals surface area contributed by atoms with Crippen molar-refractivity contribution in [3.8, 4) is 5.75 Å². The summed E-state index contributed by atoms with van der Waals surface area (Å²) in [5.74, 6) is 0.366. The van der Waals surface area contributed by atoms with E-state index < -0.39 is 0 Å². The zero-order valence-corrected chi connectivity index (χ0v) is 15.6. The van der Waals surface area contributed by atoms with E-state index >= 15 is 0 Å². The van der Waals surface area contributed by atoms with Gasteiger partial charge in [-0.25, -0.2) is 0 Å². The highest BCUT2D eigenvalue weighted by Gasteiger charge is 2.42. The van der Waals surface area contributed by atoms with Crippen molar-refractivity contribution in [3.63, 3.8) is 0 Å². The largest absolute Gasteiger partial charge is 0.508 e. The Labute approximate surface area is 149 Å². The van der Waals surface area contributed by atoms with Gasteiger partial charge < -0.3 is 10.4 Å². The first-order valence-corrected chi connectivity index (χ1v) is 9.67. The van der Waals surface area contributed by atoms with Gasteiger partial charge in [0.05, 0.1) is 0 Å². The molecule has 2 unspecified atom stereocenters. The third-order valence-electron chi connectivity index (χ3n) is 5.00. The lowest BCUT2D eigenvalue weighted by atomic mass is 9.69. The summed E-state index contributed by atoms with van der Waals surface area (Å²) in [5.41, 5.74) is 2.62. The van der Waals surface area contributed by atoms with Gasteiger partial charge in [-0.3, -0.25) is 0 Å². The van der Waals surface area contributed by atoms with Crippen LogP contribution in [0.25, 0.3) is 0 Å². The summed E-state index contributed by atoms with van der Waals surface area (Å²) in [7, 11) is 0. The zero-order chi connectivity index (χ0) is 17.2. The minimum absolute atomic E-state index is 0.0199. The molecule has 0 bridgehead atoms. The molecule has 0 aromatic heterocycles. The fourth-order valence-electron chi connectivity index (χ4n) is 3.78. The summed E-state index contributed by atoms with van der Waals surface area (Å²) in [6.45, 7) is 7.84. The van der Waals surface area contributed by atoms with Crippen LogP contribution in [0.3, 0.4) is 0 Å². The molecule has 0 saturated carbocycles. The molecule has 0 aliphatic heterocycles. The molecule has 2 N–H and O–H groups in total. The van der Waals surface area contributed by atoms with Crippen LogP contribution >= 0.6 is 11.8 Å². The summed E-state index contributed by atoms with van der Waals surface area (Å²) < 4.78 is 0. The number of hydrogen-bond acceptors (Lipinski definition) is 3. The maximum atomic E-state index is 9.96. The molecule has 24 heavy (non-hydrogen) atoms.